The minimum Gasteiger partial charge on any atom is -0.337 e. The van der Waals surface area contributed by atoms with E-state index in [1.54, 1.807) is 6.07 Å². The SMILES string of the molecule is CCN(c1ccccc1)c1nc(C)cc(C(=O)N2CCCCC2)n1. The molecule has 1 amide bonds. The maximum absolute atomic E-state index is 12.8. The number of aryl methyl sites for hydroxylation is 1. The van der Waals surface area contributed by atoms with Gasteiger partial charge in [0.2, 0.25) is 5.95 Å². The first-order chi connectivity index (χ1) is 11.7. The van der Waals surface area contributed by atoms with Gasteiger partial charge in [-0.05, 0) is 51.3 Å². The molecule has 1 aliphatic rings. The predicted molar refractivity (Wildman–Crippen MR) is 95.6 cm³/mol. The summed E-state index contributed by atoms with van der Waals surface area (Å²) in [5, 5.41) is 0. The fourth-order valence-corrected chi connectivity index (χ4v) is 3.09. The second kappa shape index (κ2) is 7.43. The van der Waals surface area contributed by atoms with E-state index in [1.807, 2.05) is 47.1 Å². The van der Waals surface area contributed by atoms with Crippen molar-refractivity contribution < 1.29 is 4.79 Å². The van der Waals surface area contributed by atoms with Crippen LogP contribution in [0.4, 0.5) is 11.6 Å². The summed E-state index contributed by atoms with van der Waals surface area (Å²) in [4.78, 5) is 25.8. The number of anilines is 2. The number of aromatic nitrogens is 2. The number of carbonyl (C=O) groups is 1. The molecule has 0 atom stereocenters. The third kappa shape index (κ3) is 3.55. The van der Waals surface area contributed by atoms with E-state index >= 15 is 0 Å². The number of nitrogens with zero attached hydrogens (tertiary/aromatic N) is 4. The highest BCUT2D eigenvalue weighted by atomic mass is 16.2. The zero-order valence-electron chi connectivity index (χ0n) is 14.4. The molecule has 1 aliphatic heterocycles. The van der Waals surface area contributed by atoms with Crippen molar-refractivity contribution in [2.75, 3.05) is 24.5 Å². The van der Waals surface area contributed by atoms with E-state index in [1.165, 1.54) is 6.42 Å². The Morgan fingerprint density at radius 1 is 1.12 bits per heavy atom. The first-order valence-electron chi connectivity index (χ1n) is 8.66. The van der Waals surface area contributed by atoms with Crippen molar-refractivity contribution in [2.45, 2.75) is 33.1 Å². The number of rotatable bonds is 4. The molecular formula is C19H24N4O. The minimum absolute atomic E-state index is 0.0190. The van der Waals surface area contributed by atoms with Crippen molar-refractivity contribution >= 4 is 17.5 Å². The summed E-state index contributed by atoms with van der Waals surface area (Å²) in [5.41, 5.74) is 2.34. The fourth-order valence-electron chi connectivity index (χ4n) is 3.09. The summed E-state index contributed by atoms with van der Waals surface area (Å²) in [7, 11) is 0. The Morgan fingerprint density at radius 2 is 1.83 bits per heavy atom. The van der Waals surface area contributed by atoms with Gasteiger partial charge in [0.05, 0.1) is 0 Å². The Hall–Kier alpha value is -2.43. The largest absolute Gasteiger partial charge is 0.337 e. The lowest BCUT2D eigenvalue weighted by molar-refractivity contribution is 0.0718. The average molecular weight is 324 g/mol. The molecule has 0 aliphatic carbocycles. The van der Waals surface area contributed by atoms with Crippen molar-refractivity contribution in [2.24, 2.45) is 0 Å². The monoisotopic (exact) mass is 324 g/mol. The number of piperidine rings is 1. The lowest BCUT2D eigenvalue weighted by Crippen LogP contribution is -2.36. The molecule has 0 spiro atoms. The maximum atomic E-state index is 12.8. The molecule has 5 heteroatoms. The van der Waals surface area contributed by atoms with E-state index in [0.29, 0.717) is 11.6 Å². The first kappa shape index (κ1) is 16.4. The molecule has 5 nitrogen and oxygen atoms in total. The van der Waals surface area contributed by atoms with E-state index in [9.17, 15) is 4.79 Å². The van der Waals surface area contributed by atoms with Crippen molar-refractivity contribution in [3.8, 4) is 0 Å². The smallest absolute Gasteiger partial charge is 0.272 e. The van der Waals surface area contributed by atoms with E-state index < -0.39 is 0 Å². The Balaban J connectivity index is 1.92. The van der Waals surface area contributed by atoms with Crippen molar-refractivity contribution in [1.29, 1.82) is 0 Å². The van der Waals surface area contributed by atoms with Crippen LogP contribution in [0.15, 0.2) is 36.4 Å². The summed E-state index contributed by atoms with van der Waals surface area (Å²) in [6, 6.07) is 11.8. The van der Waals surface area contributed by atoms with Crippen LogP contribution in [0.25, 0.3) is 0 Å². The number of amides is 1. The molecule has 1 fully saturated rings. The predicted octanol–water partition coefficient (Wildman–Crippen LogP) is 3.57. The molecule has 1 aromatic carbocycles. The molecule has 1 aromatic heterocycles. The Labute approximate surface area is 143 Å². The van der Waals surface area contributed by atoms with Gasteiger partial charge in [0.15, 0.2) is 0 Å². The van der Waals surface area contributed by atoms with Gasteiger partial charge in [-0.3, -0.25) is 4.79 Å². The van der Waals surface area contributed by atoms with Crippen LogP contribution in [0.2, 0.25) is 0 Å². The molecule has 1 saturated heterocycles. The molecule has 24 heavy (non-hydrogen) atoms. The molecule has 126 valence electrons. The van der Waals surface area contributed by atoms with Crippen LogP contribution in [0.5, 0.6) is 0 Å². The van der Waals surface area contributed by atoms with Gasteiger partial charge in [-0.25, -0.2) is 9.97 Å². The number of likely N-dealkylation sites (tertiary alicyclic amines) is 1. The summed E-state index contributed by atoms with van der Waals surface area (Å²) in [6.45, 7) is 6.37. The van der Waals surface area contributed by atoms with Gasteiger partial charge in [0, 0.05) is 31.0 Å². The van der Waals surface area contributed by atoms with Crippen LogP contribution in [0.3, 0.4) is 0 Å². The molecule has 3 rings (SSSR count). The second-order valence-corrected chi connectivity index (χ2v) is 6.13. The maximum Gasteiger partial charge on any atom is 0.272 e. The Morgan fingerprint density at radius 3 is 2.50 bits per heavy atom. The molecular weight excluding hydrogens is 300 g/mol. The average Bonchev–Trinajstić information content (AvgIpc) is 2.63. The van der Waals surface area contributed by atoms with Crippen LogP contribution in [0, 0.1) is 6.92 Å². The quantitative estimate of drug-likeness (QED) is 0.863. The summed E-state index contributed by atoms with van der Waals surface area (Å²) in [6.07, 6.45) is 3.36. The Kier molecular flexibility index (Phi) is 5.08. The molecule has 0 unspecified atom stereocenters. The van der Waals surface area contributed by atoms with E-state index in [-0.39, 0.29) is 5.91 Å². The highest BCUT2D eigenvalue weighted by Crippen LogP contribution is 2.22. The molecule has 2 heterocycles. The van der Waals surface area contributed by atoms with Gasteiger partial charge in [-0.1, -0.05) is 18.2 Å². The highest BCUT2D eigenvalue weighted by Gasteiger charge is 2.21. The highest BCUT2D eigenvalue weighted by molar-refractivity contribution is 5.92. The van der Waals surface area contributed by atoms with Gasteiger partial charge in [-0.15, -0.1) is 0 Å². The van der Waals surface area contributed by atoms with Crippen molar-refractivity contribution in [1.82, 2.24) is 14.9 Å². The molecule has 0 N–H and O–H groups in total. The van der Waals surface area contributed by atoms with E-state index in [0.717, 1.165) is 43.9 Å². The topological polar surface area (TPSA) is 49.3 Å². The Bertz CT molecular complexity index is 696. The summed E-state index contributed by atoms with van der Waals surface area (Å²) in [5.74, 6) is 0.606. The van der Waals surface area contributed by atoms with Crippen LogP contribution in [-0.4, -0.2) is 40.4 Å². The first-order valence-corrected chi connectivity index (χ1v) is 8.66. The lowest BCUT2D eigenvalue weighted by atomic mass is 10.1. The third-order valence-electron chi connectivity index (χ3n) is 4.33. The standard InChI is InChI=1S/C19H24N4O/c1-3-23(16-10-6-4-7-11-16)19-20-15(2)14-17(21-19)18(24)22-12-8-5-9-13-22/h4,6-7,10-11,14H,3,5,8-9,12-13H2,1-2H3. The second-order valence-electron chi connectivity index (χ2n) is 6.13. The number of hydrogen-bond acceptors (Lipinski definition) is 4. The molecule has 0 saturated carbocycles. The minimum atomic E-state index is 0.0190. The van der Waals surface area contributed by atoms with Crippen LogP contribution < -0.4 is 4.90 Å². The third-order valence-corrected chi connectivity index (χ3v) is 4.33. The zero-order valence-corrected chi connectivity index (χ0v) is 14.4. The van der Waals surface area contributed by atoms with Gasteiger partial charge < -0.3 is 9.80 Å². The van der Waals surface area contributed by atoms with Gasteiger partial charge in [0.25, 0.3) is 5.91 Å². The number of benzene rings is 1. The lowest BCUT2D eigenvalue weighted by Gasteiger charge is -2.27. The van der Waals surface area contributed by atoms with Crippen LogP contribution in [0.1, 0.15) is 42.4 Å². The van der Waals surface area contributed by atoms with Crippen LogP contribution in [-0.2, 0) is 0 Å². The number of carbonyl (C=O) groups excluding carboxylic acids is 1. The fraction of sp³-hybridized carbons (Fsp3) is 0.421. The summed E-state index contributed by atoms with van der Waals surface area (Å²) >= 11 is 0. The van der Waals surface area contributed by atoms with Crippen molar-refractivity contribution in [3.63, 3.8) is 0 Å². The van der Waals surface area contributed by atoms with Gasteiger partial charge in [0.1, 0.15) is 5.69 Å². The van der Waals surface area contributed by atoms with E-state index in [4.69, 9.17) is 0 Å². The number of hydrogen-bond donors (Lipinski definition) is 0. The van der Waals surface area contributed by atoms with Gasteiger partial charge in [-0.2, -0.15) is 0 Å². The number of para-hydroxylation sites is 1. The van der Waals surface area contributed by atoms with Crippen LogP contribution >= 0.6 is 0 Å². The molecule has 2 aromatic rings. The van der Waals surface area contributed by atoms with E-state index in [2.05, 4.69) is 16.9 Å². The zero-order chi connectivity index (χ0) is 16.9. The van der Waals surface area contributed by atoms with Crippen molar-refractivity contribution in [3.05, 3.63) is 47.8 Å². The summed E-state index contributed by atoms with van der Waals surface area (Å²) < 4.78 is 0. The molecule has 0 radical (unpaired) electrons. The molecule has 0 bridgehead atoms. The normalized spacial score (nSPS) is 14.5. The van der Waals surface area contributed by atoms with Gasteiger partial charge >= 0.3 is 0 Å².